The summed E-state index contributed by atoms with van der Waals surface area (Å²) in [5, 5.41) is 10.3. The molecule has 0 bridgehead atoms. The second kappa shape index (κ2) is 4.82. The molecule has 0 saturated heterocycles. The number of ether oxygens (including phenoxy) is 1. The van der Waals surface area contributed by atoms with Crippen LogP contribution in [0.25, 0.3) is 0 Å². The molecule has 1 aromatic heterocycles. The highest BCUT2D eigenvalue weighted by Gasteiger charge is 2.16. The highest BCUT2D eigenvalue weighted by molar-refractivity contribution is 9.10. The van der Waals surface area contributed by atoms with E-state index in [4.69, 9.17) is 4.74 Å². The summed E-state index contributed by atoms with van der Waals surface area (Å²) in [5.41, 5.74) is -0.495. The predicted octanol–water partition coefficient (Wildman–Crippen LogP) is 1.60. The molecule has 6 nitrogen and oxygen atoms in total. The molecule has 0 aromatic carbocycles. The molecule has 90 valence electrons. The van der Waals surface area contributed by atoms with Gasteiger partial charge in [-0.25, -0.2) is 4.79 Å². The Balaban J connectivity index is 2.47. The maximum absolute atomic E-state index is 11.3. The van der Waals surface area contributed by atoms with Gasteiger partial charge < -0.3 is 14.6 Å². The van der Waals surface area contributed by atoms with Gasteiger partial charge in [0, 0.05) is 7.05 Å². The summed E-state index contributed by atoms with van der Waals surface area (Å²) in [6.07, 6.45) is -0.466. The minimum atomic E-state index is -0.495. The molecule has 0 saturated carbocycles. The van der Waals surface area contributed by atoms with Crippen molar-refractivity contribution in [2.24, 2.45) is 7.05 Å². The van der Waals surface area contributed by atoms with E-state index in [-0.39, 0.29) is 6.54 Å². The van der Waals surface area contributed by atoms with Gasteiger partial charge in [-0.05, 0) is 36.7 Å². The number of carbonyl (C=O) groups is 1. The van der Waals surface area contributed by atoms with Gasteiger partial charge in [-0.3, -0.25) is 0 Å². The van der Waals surface area contributed by atoms with Gasteiger partial charge >= 0.3 is 6.09 Å². The number of alkyl carbamates (subject to hydrolysis) is 1. The smallest absolute Gasteiger partial charge is 0.408 e. The van der Waals surface area contributed by atoms with Crippen molar-refractivity contribution >= 4 is 22.0 Å². The number of nitrogens with one attached hydrogen (secondary N) is 1. The van der Waals surface area contributed by atoms with Crippen LogP contribution in [0.4, 0.5) is 4.79 Å². The van der Waals surface area contributed by atoms with Gasteiger partial charge in [-0.15, -0.1) is 10.2 Å². The Morgan fingerprint density at radius 3 is 2.56 bits per heavy atom. The lowest BCUT2D eigenvalue weighted by Crippen LogP contribution is -2.32. The lowest BCUT2D eigenvalue weighted by molar-refractivity contribution is 0.0522. The van der Waals surface area contributed by atoms with Crippen molar-refractivity contribution in [1.82, 2.24) is 20.1 Å². The second-order valence-corrected chi connectivity index (χ2v) is 5.01. The first-order valence-corrected chi connectivity index (χ1v) is 5.59. The number of aromatic nitrogens is 3. The summed E-state index contributed by atoms with van der Waals surface area (Å²) >= 11 is 3.22. The van der Waals surface area contributed by atoms with E-state index in [1.807, 2.05) is 20.8 Å². The molecule has 0 fully saturated rings. The third-order valence-corrected chi connectivity index (χ3v) is 2.39. The Bertz CT molecular complexity index is 383. The standard InChI is InChI=1S/C9H15BrN4O2/c1-9(2,3)16-8(15)11-5-6-12-13-7(10)14(6)4/h5H2,1-4H3,(H,11,15). The zero-order valence-electron chi connectivity index (χ0n) is 9.74. The van der Waals surface area contributed by atoms with Gasteiger partial charge in [-0.2, -0.15) is 0 Å². The van der Waals surface area contributed by atoms with E-state index in [1.54, 1.807) is 11.6 Å². The minimum absolute atomic E-state index is 0.282. The minimum Gasteiger partial charge on any atom is -0.444 e. The molecule has 1 N–H and O–H groups in total. The van der Waals surface area contributed by atoms with Crippen LogP contribution in [0.5, 0.6) is 0 Å². The molecular weight excluding hydrogens is 276 g/mol. The molecule has 16 heavy (non-hydrogen) atoms. The first-order chi connectivity index (χ1) is 7.29. The highest BCUT2D eigenvalue weighted by Crippen LogP contribution is 2.08. The SMILES string of the molecule is Cn1c(Br)nnc1CNC(=O)OC(C)(C)C. The molecule has 7 heteroatoms. The Labute approximate surface area is 103 Å². The van der Waals surface area contributed by atoms with Crippen LogP contribution in [0.1, 0.15) is 26.6 Å². The third kappa shape index (κ3) is 3.80. The first kappa shape index (κ1) is 13.0. The first-order valence-electron chi connectivity index (χ1n) is 4.80. The van der Waals surface area contributed by atoms with Gasteiger partial charge in [0.25, 0.3) is 0 Å². The Morgan fingerprint density at radius 2 is 2.12 bits per heavy atom. The van der Waals surface area contributed by atoms with E-state index in [0.717, 1.165) is 0 Å². The summed E-state index contributed by atoms with van der Waals surface area (Å²) in [5.74, 6) is 0.651. The van der Waals surface area contributed by atoms with Crippen LogP contribution in [-0.2, 0) is 18.3 Å². The predicted molar refractivity (Wildman–Crippen MR) is 61.8 cm³/mol. The average molecular weight is 291 g/mol. The van der Waals surface area contributed by atoms with Crippen LogP contribution in [0.2, 0.25) is 0 Å². The molecule has 0 aliphatic carbocycles. The van der Waals surface area contributed by atoms with Crippen LogP contribution in [0.3, 0.4) is 0 Å². The van der Waals surface area contributed by atoms with Crippen LogP contribution in [0.15, 0.2) is 4.73 Å². The molecule has 1 amide bonds. The number of carbonyl (C=O) groups excluding carboxylic acids is 1. The number of amides is 1. The van der Waals surface area contributed by atoms with Gasteiger partial charge in [-0.1, -0.05) is 0 Å². The van der Waals surface area contributed by atoms with Crippen LogP contribution >= 0.6 is 15.9 Å². The summed E-state index contributed by atoms with van der Waals surface area (Å²) < 4.78 is 7.44. The molecule has 0 aliphatic heterocycles. The van der Waals surface area contributed by atoms with Crippen molar-refractivity contribution in [2.45, 2.75) is 32.9 Å². The van der Waals surface area contributed by atoms with Gasteiger partial charge in [0.15, 0.2) is 10.6 Å². The van der Waals surface area contributed by atoms with Crippen molar-refractivity contribution in [3.05, 3.63) is 10.6 Å². The quantitative estimate of drug-likeness (QED) is 0.898. The molecule has 0 unspecified atom stereocenters. The summed E-state index contributed by atoms with van der Waals surface area (Å²) in [6, 6.07) is 0. The monoisotopic (exact) mass is 290 g/mol. The maximum Gasteiger partial charge on any atom is 0.408 e. The van der Waals surface area contributed by atoms with Crippen molar-refractivity contribution in [3.8, 4) is 0 Å². The number of nitrogens with zero attached hydrogens (tertiary/aromatic N) is 3. The number of halogens is 1. The number of hydrogen-bond acceptors (Lipinski definition) is 4. The third-order valence-electron chi connectivity index (χ3n) is 1.70. The molecular formula is C9H15BrN4O2. The fraction of sp³-hybridized carbons (Fsp3) is 0.667. The lowest BCUT2D eigenvalue weighted by atomic mass is 10.2. The molecule has 1 heterocycles. The fourth-order valence-corrected chi connectivity index (χ4v) is 1.24. The van der Waals surface area contributed by atoms with Crippen molar-refractivity contribution in [3.63, 3.8) is 0 Å². The molecule has 0 atom stereocenters. The zero-order valence-corrected chi connectivity index (χ0v) is 11.3. The summed E-state index contributed by atoms with van der Waals surface area (Å²) in [4.78, 5) is 11.3. The number of rotatable bonds is 2. The van der Waals surface area contributed by atoms with Crippen molar-refractivity contribution in [2.75, 3.05) is 0 Å². The van der Waals surface area contributed by atoms with Gasteiger partial charge in [0.05, 0.1) is 6.54 Å². The van der Waals surface area contributed by atoms with E-state index in [2.05, 4.69) is 31.4 Å². The van der Waals surface area contributed by atoms with Gasteiger partial charge in [0.2, 0.25) is 0 Å². The molecule has 0 radical (unpaired) electrons. The fourth-order valence-electron chi connectivity index (χ4n) is 0.959. The summed E-state index contributed by atoms with van der Waals surface area (Å²) in [6.45, 7) is 5.71. The molecule has 0 aliphatic rings. The Hall–Kier alpha value is -1.11. The molecule has 0 spiro atoms. The zero-order chi connectivity index (χ0) is 12.3. The van der Waals surface area contributed by atoms with Crippen molar-refractivity contribution in [1.29, 1.82) is 0 Å². The van der Waals surface area contributed by atoms with Gasteiger partial charge in [0.1, 0.15) is 5.60 Å². The maximum atomic E-state index is 11.3. The van der Waals surface area contributed by atoms with E-state index >= 15 is 0 Å². The second-order valence-electron chi connectivity index (χ2n) is 4.30. The molecule has 1 aromatic rings. The van der Waals surface area contributed by atoms with E-state index in [1.165, 1.54) is 0 Å². The van der Waals surface area contributed by atoms with E-state index in [0.29, 0.717) is 10.6 Å². The topological polar surface area (TPSA) is 69.0 Å². The largest absolute Gasteiger partial charge is 0.444 e. The Morgan fingerprint density at radius 1 is 1.50 bits per heavy atom. The van der Waals surface area contributed by atoms with E-state index < -0.39 is 11.7 Å². The lowest BCUT2D eigenvalue weighted by Gasteiger charge is -2.19. The normalized spacial score (nSPS) is 11.3. The van der Waals surface area contributed by atoms with Crippen LogP contribution in [0, 0.1) is 0 Å². The summed E-state index contributed by atoms with van der Waals surface area (Å²) in [7, 11) is 1.80. The average Bonchev–Trinajstić information content (AvgIpc) is 2.42. The number of hydrogen-bond donors (Lipinski definition) is 1. The Kier molecular flexibility index (Phi) is 3.90. The van der Waals surface area contributed by atoms with Crippen LogP contribution in [-0.4, -0.2) is 26.5 Å². The van der Waals surface area contributed by atoms with Crippen molar-refractivity contribution < 1.29 is 9.53 Å². The molecule has 1 rings (SSSR count). The van der Waals surface area contributed by atoms with E-state index in [9.17, 15) is 4.79 Å². The van der Waals surface area contributed by atoms with Crippen LogP contribution < -0.4 is 5.32 Å². The highest BCUT2D eigenvalue weighted by atomic mass is 79.9.